The molecule has 412 valence electrons. The van der Waals surface area contributed by atoms with Gasteiger partial charge in [0.1, 0.15) is 13.2 Å². The van der Waals surface area contributed by atoms with Gasteiger partial charge in [-0.25, -0.2) is 0 Å². The van der Waals surface area contributed by atoms with Crippen molar-refractivity contribution in [3.05, 3.63) is 24.3 Å². The standard InChI is InChI=1S/C64H120O6/c1-4-7-10-13-16-19-22-25-28-30-32-34-36-39-42-45-48-51-54-57-63(66)69-60-61(59-68-62(65)56-53-50-47-44-41-38-27-24-21-18-15-12-9-6-3)70-64(67)58-55-52-49-46-43-40-37-35-33-31-29-26-23-20-17-14-11-8-5-2/h25-26,28-29,61H,4-24,27,30-60H2,1-3H3/b28-25-,29-26-/t61-/m1/s1. The molecule has 70 heavy (non-hydrogen) atoms. The van der Waals surface area contributed by atoms with Gasteiger partial charge in [-0.15, -0.1) is 0 Å². The molecule has 0 aliphatic carbocycles. The van der Waals surface area contributed by atoms with E-state index in [2.05, 4.69) is 45.1 Å². The highest BCUT2D eigenvalue weighted by Gasteiger charge is 2.19. The van der Waals surface area contributed by atoms with Gasteiger partial charge in [-0.2, -0.15) is 0 Å². The molecule has 0 aromatic rings. The lowest BCUT2D eigenvalue weighted by atomic mass is 10.0. The normalized spacial score (nSPS) is 12.1. The highest BCUT2D eigenvalue weighted by atomic mass is 16.6. The molecule has 0 saturated carbocycles. The Hall–Kier alpha value is -2.11. The van der Waals surface area contributed by atoms with Crippen LogP contribution in [0.3, 0.4) is 0 Å². The smallest absolute Gasteiger partial charge is 0.306 e. The Morgan fingerprint density at radius 1 is 0.271 bits per heavy atom. The largest absolute Gasteiger partial charge is 0.462 e. The first kappa shape index (κ1) is 67.9. The van der Waals surface area contributed by atoms with E-state index < -0.39 is 6.10 Å². The molecule has 0 saturated heterocycles. The maximum absolute atomic E-state index is 12.9. The van der Waals surface area contributed by atoms with E-state index in [9.17, 15) is 14.4 Å². The van der Waals surface area contributed by atoms with Crippen molar-refractivity contribution in [2.24, 2.45) is 0 Å². The minimum Gasteiger partial charge on any atom is -0.462 e. The highest BCUT2D eigenvalue weighted by molar-refractivity contribution is 5.71. The van der Waals surface area contributed by atoms with E-state index in [1.807, 2.05) is 0 Å². The van der Waals surface area contributed by atoms with E-state index in [1.54, 1.807) is 0 Å². The highest BCUT2D eigenvalue weighted by Crippen LogP contribution is 2.17. The molecule has 0 bridgehead atoms. The summed E-state index contributed by atoms with van der Waals surface area (Å²) in [6.07, 6.45) is 70.3. The molecule has 0 aromatic carbocycles. The SMILES string of the molecule is CCCCCCCC/C=C\CCCCCCCCCCCC(=O)OC[C@@H](COC(=O)CCCCCCCCCCCCCCCC)OC(=O)CCCCCCCCCCC/C=C\CCCCCCCC. The van der Waals surface area contributed by atoms with E-state index in [0.717, 1.165) is 57.8 Å². The summed E-state index contributed by atoms with van der Waals surface area (Å²) < 4.78 is 16.9. The van der Waals surface area contributed by atoms with Crippen molar-refractivity contribution in [1.82, 2.24) is 0 Å². The van der Waals surface area contributed by atoms with Crippen molar-refractivity contribution in [1.29, 1.82) is 0 Å². The van der Waals surface area contributed by atoms with Crippen LogP contribution in [0.25, 0.3) is 0 Å². The number of hydrogen-bond donors (Lipinski definition) is 0. The third kappa shape index (κ3) is 56.8. The lowest BCUT2D eigenvalue weighted by Gasteiger charge is -2.18. The summed E-state index contributed by atoms with van der Waals surface area (Å²) in [6.45, 7) is 6.69. The predicted octanol–water partition coefficient (Wildman–Crippen LogP) is 21.1. The molecule has 0 aromatic heterocycles. The monoisotopic (exact) mass is 985 g/mol. The van der Waals surface area contributed by atoms with Gasteiger partial charge >= 0.3 is 17.9 Å². The average molecular weight is 986 g/mol. The number of ether oxygens (including phenoxy) is 3. The fraction of sp³-hybridized carbons (Fsp3) is 0.891. The molecule has 6 heteroatoms. The van der Waals surface area contributed by atoms with Crippen LogP contribution < -0.4 is 0 Å². The molecule has 0 fully saturated rings. The van der Waals surface area contributed by atoms with E-state index >= 15 is 0 Å². The zero-order chi connectivity index (χ0) is 50.7. The second-order valence-electron chi connectivity index (χ2n) is 21.3. The Morgan fingerprint density at radius 2 is 0.471 bits per heavy atom. The van der Waals surface area contributed by atoms with Crippen LogP contribution in [0.15, 0.2) is 24.3 Å². The van der Waals surface area contributed by atoms with Gasteiger partial charge < -0.3 is 14.2 Å². The molecule has 0 rings (SSSR count). The van der Waals surface area contributed by atoms with Crippen molar-refractivity contribution in [3.63, 3.8) is 0 Å². The van der Waals surface area contributed by atoms with Gasteiger partial charge in [-0.3, -0.25) is 14.4 Å². The van der Waals surface area contributed by atoms with Crippen LogP contribution in [0.2, 0.25) is 0 Å². The number of rotatable bonds is 58. The number of unbranched alkanes of at least 4 members (excludes halogenated alkanes) is 43. The second kappa shape index (κ2) is 59.5. The third-order valence-electron chi connectivity index (χ3n) is 14.2. The number of carbonyl (C=O) groups is 3. The van der Waals surface area contributed by atoms with Gasteiger partial charge in [0.15, 0.2) is 6.10 Å². The molecule has 0 unspecified atom stereocenters. The van der Waals surface area contributed by atoms with Crippen LogP contribution >= 0.6 is 0 Å². The third-order valence-corrected chi connectivity index (χ3v) is 14.2. The lowest BCUT2D eigenvalue weighted by molar-refractivity contribution is -0.167. The summed E-state index contributed by atoms with van der Waals surface area (Å²) in [5.74, 6) is -0.847. The van der Waals surface area contributed by atoms with Crippen molar-refractivity contribution in [2.75, 3.05) is 13.2 Å². The summed E-state index contributed by atoms with van der Waals surface area (Å²) >= 11 is 0. The van der Waals surface area contributed by atoms with Gasteiger partial charge in [0.2, 0.25) is 0 Å². The molecule has 0 N–H and O–H groups in total. The van der Waals surface area contributed by atoms with Crippen LogP contribution in [-0.4, -0.2) is 37.2 Å². The molecule has 0 aliphatic heterocycles. The summed E-state index contributed by atoms with van der Waals surface area (Å²) in [6, 6.07) is 0. The minimum absolute atomic E-state index is 0.0676. The Balaban J connectivity index is 4.31. The first-order valence-electron chi connectivity index (χ1n) is 31.3. The van der Waals surface area contributed by atoms with Crippen LogP contribution in [-0.2, 0) is 28.6 Å². The van der Waals surface area contributed by atoms with Crippen molar-refractivity contribution < 1.29 is 28.6 Å². The maximum atomic E-state index is 12.9. The van der Waals surface area contributed by atoms with Gasteiger partial charge in [-0.05, 0) is 70.6 Å². The zero-order valence-electron chi connectivity index (χ0n) is 47.3. The van der Waals surface area contributed by atoms with Gasteiger partial charge in [0, 0.05) is 19.3 Å². The van der Waals surface area contributed by atoms with E-state index in [0.29, 0.717) is 19.3 Å². The maximum Gasteiger partial charge on any atom is 0.306 e. The molecule has 0 radical (unpaired) electrons. The fourth-order valence-corrected chi connectivity index (χ4v) is 9.44. The fourth-order valence-electron chi connectivity index (χ4n) is 9.44. The molecule has 6 nitrogen and oxygen atoms in total. The quantitative estimate of drug-likeness (QED) is 0.0261. The lowest BCUT2D eigenvalue weighted by Crippen LogP contribution is -2.30. The first-order valence-corrected chi connectivity index (χ1v) is 31.3. The Labute approximate surface area is 436 Å². The van der Waals surface area contributed by atoms with Crippen LogP contribution in [0, 0.1) is 0 Å². The van der Waals surface area contributed by atoms with Crippen molar-refractivity contribution in [2.45, 2.75) is 354 Å². The molecule has 0 heterocycles. The topological polar surface area (TPSA) is 78.9 Å². The molecule has 0 amide bonds. The Morgan fingerprint density at radius 3 is 0.714 bits per heavy atom. The summed E-state index contributed by atoms with van der Waals surface area (Å²) in [7, 11) is 0. The van der Waals surface area contributed by atoms with Gasteiger partial charge in [0.25, 0.3) is 0 Å². The predicted molar refractivity (Wildman–Crippen MR) is 303 cm³/mol. The molecule has 1 atom stereocenters. The van der Waals surface area contributed by atoms with Gasteiger partial charge in [-0.1, -0.05) is 283 Å². The summed E-state index contributed by atoms with van der Waals surface area (Å²) in [5, 5.41) is 0. The minimum atomic E-state index is -0.770. The van der Waals surface area contributed by atoms with E-state index in [1.165, 1.54) is 250 Å². The first-order chi connectivity index (χ1) is 34.5. The molecule has 0 aliphatic rings. The number of esters is 3. The average Bonchev–Trinajstić information content (AvgIpc) is 3.36. The number of carbonyl (C=O) groups excluding carboxylic acids is 3. The van der Waals surface area contributed by atoms with Gasteiger partial charge in [0.05, 0.1) is 0 Å². The van der Waals surface area contributed by atoms with Crippen LogP contribution in [0.4, 0.5) is 0 Å². The second-order valence-corrected chi connectivity index (χ2v) is 21.3. The van der Waals surface area contributed by atoms with E-state index in [4.69, 9.17) is 14.2 Å². The van der Waals surface area contributed by atoms with Crippen LogP contribution in [0.1, 0.15) is 348 Å². The molecular weight excluding hydrogens is 865 g/mol. The Bertz CT molecular complexity index is 1130. The van der Waals surface area contributed by atoms with E-state index in [-0.39, 0.29) is 31.1 Å². The summed E-state index contributed by atoms with van der Waals surface area (Å²) in [4.78, 5) is 38.3. The molecule has 0 spiro atoms. The van der Waals surface area contributed by atoms with Crippen LogP contribution in [0.5, 0.6) is 0 Å². The number of hydrogen-bond acceptors (Lipinski definition) is 6. The zero-order valence-corrected chi connectivity index (χ0v) is 47.3. The van der Waals surface area contributed by atoms with Crippen molar-refractivity contribution in [3.8, 4) is 0 Å². The number of allylic oxidation sites excluding steroid dienone is 4. The Kier molecular flexibility index (Phi) is 57.7. The summed E-state index contributed by atoms with van der Waals surface area (Å²) in [5.41, 5.74) is 0. The molecular formula is C64H120O6. The van der Waals surface area contributed by atoms with Crippen molar-refractivity contribution >= 4 is 17.9 Å².